The van der Waals surface area contributed by atoms with Crippen molar-refractivity contribution in [2.45, 2.75) is 20.4 Å². The molecule has 8 nitrogen and oxygen atoms in total. The molecule has 0 aliphatic heterocycles. The zero-order valence-electron chi connectivity index (χ0n) is 15.5. The van der Waals surface area contributed by atoms with E-state index in [9.17, 15) is 9.59 Å². The van der Waals surface area contributed by atoms with Crippen molar-refractivity contribution < 1.29 is 4.79 Å². The summed E-state index contributed by atoms with van der Waals surface area (Å²) in [5, 5.41) is 10.8. The van der Waals surface area contributed by atoms with Gasteiger partial charge in [-0.05, 0) is 49.2 Å². The fourth-order valence-corrected chi connectivity index (χ4v) is 3.08. The highest BCUT2D eigenvalue weighted by atomic mass is 16.2. The van der Waals surface area contributed by atoms with Gasteiger partial charge < -0.3 is 5.32 Å². The topological polar surface area (TPSA) is 94.7 Å². The van der Waals surface area contributed by atoms with Gasteiger partial charge in [-0.3, -0.25) is 14.2 Å². The molecule has 0 saturated carbocycles. The molecule has 4 rings (SSSR count). The molecule has 0 radical (unpaired) electrons. The number of fused-ring (bicyclic) bond motifs is 1. The number of nitrogens with one attached hydrogen (secondary N) is 1. The number of nitrogens with zero attached hydrogens (tertiary/aromatic N) is 5. The van der Waals surface area contributed by atoms with Gasteiger partial charge in [-0.15, -0.1) is 5.10 Å². The third-order valence-corrected chi connectivity index (χ3v) is 4.25. The maximum absolute atomic E-state index is 12.7. The van der Waals surface area contributed by atoms with Crippen LogP contribution < -0.4 is 10.9 Å². The standard InChI is InChI=1S/C20H18N6O2/c1-13-8-14(2)10-16(9-13)26-19-18(23-24-26)20(28)25(12-21-19)11-17(27)22-15-6-4-3-5-7-15/h3-10,12H,11H2,1-2H3,(H,22,27). The molecule has 0 fully saturated rings. The van der Waals surface area contributed by atoms with Gasteiger partial charge in [0, 0.05) is 5.69 Å². The number of para-hydroxylation sites is 1. The number of rotatable bonds is 4. The Morgan fingerprint density at radius 2 is 1.79 bits per heavy atom. The first-order chi connectivity index (χ1) is 13.5. The average molecular weight is 374 g/mol. The van der Waals surface area contributed by atoms with E-state index in [-0.39, 0.29) is 18.0 Å². The van der Waals surface area contributed by atoms with Crippen molar-refractivity contribution in [2.75, 3.05) is 5.32 Å². The Hall–Kier alpha value is -3.81. The average Bonchev–Trinajstić information content (AvgIpc) is 3.09. The van der Waals surface area contributed by atoms with Gasteiger partial charge in [0.2, 0.25) is 5.91 Å². The van der Waals surface area contributed by atoms with Gasteiger partial charge >= 0.3 is 0 Å². The summed E-state index contributed by atoms with van der Waals surface area (Å²) in [6.45, 7) is 3.82. The van der Waals surface area contributed by atoms with Crippen molar-refractivity contribution in [1.82, 2.24) is 24.5 Å². The molecule has 0 atom stereocenters. The number of aromatic nitrogens is 5. The minimum atomic E-state index is -0.413. The van der Waals surface area contributed by atoms with E-state index in [1.54, 1.807) is 12.1 Å². The van der Waals surface area contributed by atoms with Crippen LogP contribution in [0.3, 0.4) is 0 Å². The van der Waals surface area contributed by atoms with E-state index in [2.05, 4.69) is 20.6 Å². The molecule has 0 spiro atoms. The highest BCUT2D eigenvalue weighted by molar-refractivity contribution is 5.90. The van der Waals surface area contributed by atoms with E-state index in [4.69, 9.17) is 0 Å². The molecule has 2 heterocycles. The van der Waals surface area contributed by atoms with E-state index in [1.807, 2.05) is 50.2 Å². The van der Waals surface area contributed by atoms with Gasteiger partial charge in [0.05, 0.1) is 5.69 Å². The van der Waals surface area contributed by atoms with Crippen LogP contribution in [0.1, 0.15) is 11.1 Å². The number of anilines is 1. The maximum Gasteiger partial charge on any atom is 0.284 e. The van der Waals surface area contributed by atoms with Crippen molar-refractivity contribution in [2.24, 2.45) is 0 Å². The molecule has 28 heavy (non-hydrogen) atoms. The van der Waals surface area contributed by atoms with Crippen LogP contribution >= 0.6 is 0 Å². The third kappa shape index (κ3) is 3.39. The Morgan fingerprint density at radius 3 is 2.50 bits per heavy atom. The molecule has 8 heteroatoms. The molecule has 0 aliphatic carbocycles. The number of amides is 1. The lowest BCUT2D eigenvalue weighted by atomic mass is 10.1. The number of hydrogen-bond acceptors (Lipinski definition) is 5. The molecular formula is C20H18N6O2. The van der Waals surface area contributed by atoms with E-state index >= 15 is 0 Å². The van der Waals surface area contributed by atoms with Crippen molar-refractivity contribution in [3.8, 4) is 5.69 Å². The smallest absolute Gasteiger partial charge is 0.284 e. The highest BCUT2D eigenvalue weighted by Crippen LogP contribution is 2.15. The van der Waals surface area contributed by atoms with Crippen LogP contribution in [0.25, 0.3) is 16.9 Å². The van der Waals surface area contributed by atoms with Crippen LogP contribution in [0.4, 0.5) is 5.69 Å². The number of aryl methyl sites for hydroxylation is 2. The molecule has 0 bridgehead atoms. The predicted octanol–water partition coefficient (Wildman–Crippen LogP) is 2.23. The van der Waals surface area contributed by atoms with Crippen LogP contribution in [0.15, 0.2) is 59.7 Å². The van der Waals surface area contributed by atoms with E-state index in [0.29, 0.717) is 11.3 Å². The van der Waals surface area contributed by atoms with E-state index in [0.717, 1.165) is 16.8 Å². The van der Waals surface area contributed by atoms with Crippen LogP contribution in [0, 0.1) is 13.8 Å². The van der Waals surface area contributed by atoms with Crippen LogP contribution in [-0.4, -0.2) is 30.5 Å². The normalized spacial score (nSPS) is 10.9. The second-order valence-corrected chi connectivity index (χ2v) is 6.61. The van der Waals surface area contributed by atoms with Crippen molar-refractivity contribution in [1.29, 1.82) is 0 Å². The first-order valence-corrected chi connectivity index (χ1v) is 8.76. The Bertz CT molecular complexity index is 1210. The number of carbonyl (C=O) groups is 1. The number of hydrogen-bond donors (Lipinski definition) is 1. The Morgan fingerprint density at radius 1 is 1.07 bits per heavy atom. The van der Waals surface area contributed by atoms with E-state index < -0.39 is 5.56 Å². The third-order valence-electron chi connectivity index (χ3n) is 4.25. The van der Waals surface area contributed by atoms with Crippen molar-refractivity contribution in [3.63, 3.8) is 0 Å². The van der Waals surface area contributed by atoms with E-state index in [1.165, 1.54) is 15.6 Å². The molecule has 4 aromatic rings. The number of benzene rings is 2. The Labute approximate surface area is 160 Å². The molecule has 2 aromatic heterocycles. The zero-order chi connectivity index (χ0) is 19.7. The minimum Gasteiger partial charge on any atom is -0.325 e. The monoisotopic (exact) mass is 374 g/mol. The predicted molar refractivity (Wildman–Crippen MR) is 105 cm³/mol. The fraction of sp³-hybridized carbons (Fsp3) is 0.150. The quantitative estimate of drug-likeness (QED) is 0.591. The molecule has 1 amide bonds. The lowest BCUT2D eigenvalue weighted by molar-refractivity contribution is -0.116. The molecule has 2 aromatic carbocycles. The van der Waals surface area contributed by atoms with Gasteiger partial charge in [-0.25, -0.2) is 4.98 Å². The summed E-state index contributed by atoms with van der Waals surface area (Å²) in [6.07, 6.45) is 1.34. The first-order valence-electron chi connectivity index (χ1n) is 8.76. The first kappa shape index (κ1) is 17.6. The van der Waals surface area contributed by atoms with Gasteiger partial charge in [-0.1, -0.05) is 29.5 Å². The van der Waals surface area contributed by atoms with Gasteiger partial charge in [0.15, 0.2) is 11.2 Å². The zero-order valence-corrected chi connectivity index (χ0v) is 15.5. The summed E-state index contributed by atoms with van der Waals surface area (Å²) in [7, 11) is 0. The number of carbonyl (C=O) groups excluding carboxylic acids is 1. The second-order valence-electron chi connectivity index (χ2n) is 6.61. The molecule has 0 saturated heterocycles. The summed E-state index contributed by atoms with van der Waals surface area (Å²) in [6, 6.07) is 15.0. The maximum atomic E-state index is 12.7. The second kappa shape index (κ2) is 7.07. The molecule has 1 N–H and O–H groups in total. The summed E-state index contributed by atoms with van der Waals surface area (Å²) < 4.78 is 2.76. The lowest BCUT2D eigenvalue weighted by Gasteiger charge is -2.07. The summed E-state index contributed by atoms with van der Waals surface area (Å²) in [4.78, 5) is 29.3. The van der Waals surface area contributed by atoms with Gasteiger partial charge in [0.1, 0.15) is 12.9 Å². The van der Waals surface area contributed by atoms with Crippen molar-refractivity contribution in [3.05, 3.63) is 76.3 Å². The minimum absolute atomic E-state index is 0.120. The van der Waals surface area contributed by atoms with Crippen LogP contribution in [0.2, 0.25) is 0 Å². The van der Waals surface area contributed by atoms with Crippen LogP contribution in [0.5, 0.6) is 0 Å². The van der Waals surface area contributed by atoms with Crippen molar-refractivity contribution >= 4 is 22.8 Å². The SMILES string of the molecule is Cc1cc(C)cc(-n2nnc3c(=O)n(CC(=O)Nc4ccccc4)cnc32)c1. The Balaban J connectivity index is 1.65. The molecule has 0 unspecified atom stereocenters. The molecule has 0 aliphatic rings. The summed E-state index contributed by atoms with van der Waals surface area (Å²) in [5.74, 6) is -0.323. The fourth-order valence-electron chi connectivity index (χ4n) is 3.08. The lowest BCUT2D eigenvalue weighted by Crippen LogP contribution is -2.28. The highest BCUT2D eigenvalue weighted by Gasteiger charge is 2.15. The summed E-state index contributed by atoms with van der Waals surface area (Å²) >= 11 is 0. The van der Waals surface area contributed by atoms with Gasteiger partial charge in [0.25, 0.3) is 5.56 Å². The van der Waals surface area contributed by atoms with Crippen LogP contribution in [-0.2, 0) is 11.3 Å². The largest absolute Gasteiger partial charge is 0.325 e. The molecular weight excluding hydrogens is 356 g/mol. The Kier molecular flexibility index (Phi) is 4.44. The van der Waals surface area contributed by atoms with Gasteiger partial charge in [-0.2, -0.15) is 4.68 Å². The molecule has 140 valence electrons. The summed E-state index contributed by atoms with van der Waals surface area (Å²) in [5.41, 5.74) is 3.66.